The van der Waals surface area contributed by atoms with Crippen LogP contribution in [0.1, 0.15) is 13.3 Å². The number of fused-ring (bicyclic) bond motifs is 1. The maximum Gasteiger partial charge on any atom is 0.573 e. The fourth-order valence-corrected chi connectivity index (χ4v) is 2.35. The first-order valence-electron chi connectivity index (χ1n) is 5.97. The van der Waals surface area contributed by atoms with Gasteiger partial charge in [-0.2, -0.15) is 0 Å². The van der Waals surface area contributed by atoms with Gasteiger partial charge >= 0.3 is 12.5 Å². The molecule has 0 aliphatic rings. The van der Waals surface area contributed by atoms with Crippen molar-refractivity contribution < 1.29 is 27.4 Å². The molecule has 0 spiro atoms. The van der Waals surface area contributed by atoms with Crippen molar-refractivity contribution in [3.8, 4) is 5.75 Å². The Labute approximate surface area is 121 Å². The molecule has 0 bridgehead atoms. The van der Waals surface area contributed by atoms with Gasteiger partial charge < -0.3 is 9.47 Å². The van der Waals surface area contributed by atoms with Crippen LogP contribution in [0, 0.1) is 0 Å². The molecule has 0 saturated heterocycles. The van der Waals surface area contributed by atoms with E-state index < -0.39 is 12.5 Å². The second-order valence-corrected chi connectivity index (χ2v) is 4.99. The molecular weight excluding hydrogens is 309 g/mol. The third-order valence-electron chi connectivity index (χ3n) is 2.24. The molecule has 21 heavy (non-hydrogen) atoms. The number of aromatic nitrogens is 1. The minimum atomic E-state index is -4.75. The number of halogens is 3. The lowest BCUT2D eigenvalue weighted by Crippen LogP contribution is -2.16. The second-order valence-electron chi connectivity index (χ2n) is 3.96. The zero-order valence-corrected chi connectivity index (χ0v) is 11.7. The molecule has 1 aromatic heterocycles. The molecule has 0 aliphatic heterocycles. The Morgan fingerprint density at radius 3 is 2.86 bits per heavy atom. The Kier molecular flexibility index (Phi) is 4.51. The molecule has 9 heteroatoms. The van der Waals surface area contributed by atoms with Crippen LogP contribution in [-0.4, -0.2) is 24.0 Å². The molecule has 0 unspecified atom stereocenters. The van der Waals surface area contributed by atoms with Crippen molar-refractivity contribution in [3.05, 3.63) is 18.2 Å². The van der Waals surface area contributed by atoms with E-state index in [0.29, 0.717) is 16.6 Å². The number of thiazole rings is 1. The van der Waals surface area contributed by atoms with Gasteiger partial charge in [0, 0.05) is 6.07 Å². The zero-order valence-electron chi connectivity index (χ0n) is 10.9. The van der Waals surface area contributed by atoms with Crippen molar-refractivity contribution in [1.82, 2.24) is 4.98 Å². The molecule has 2 rings (SSSR count). The Morgan fingerprint density at radius 1 is 1.43 bits per heavy atom. The Balaban J connectivity index is 2.12. The van der Waals surface area contributed by atoms with Crippen LogP contribution in [0.2, 0.25) is 0 Å². The molecule has 1 aromatic carbocycles. The summed E-state index contributed by atoms with van der Waals surface area (Å²) in [5.74, 6) is -0.334. The summed E-state index contributed by atoms with van der Waals surface area (Å²) in [4.78, 5) is 15.4. The van der Waals surface area contributed by atoms with Gasteiger partial charge in [0.1, 0.15) is 5.75 Å². The number of carbonyl (C=O) groups excluding carboxylic acids is 1. The summed E-state index contributed by atoms with van der Waals surface area (Å²) in [6.45, 7) is 2.13. The van der Waals surface area contributed by atoms with E-state index in [0.717, 1.165) is 17.4 Å². The molecule has 2 aromatic rings. The zero-order chi connectivity index (χ0) is 15.5. The van der Waals surface area contributed by atoms with E-state index in [1.54, 1.807) is 0 Å². The average molecular weight is 320 g/mol. The lowest BCUT2D eigenvalue weighted by Gasteiger charge is -2.07. The van der Waals surface area contributed by atoms with E-state index in [1.165, 1.54) is 12.1 Å². The summed E-state index contributed by atoms with van der Waals surface area (Å²) < 4.78 is 45.5. The fraction of sp³-hybridized carbons (Fsp3) is 0.333. The Hall–Kier alpha value is -2.03. The van der Waals surface area contributed by atoms with E-state index in [-0.39, 0.29) is 17.5 Å². The molecule has 0 atom stereocenters. The largest absolute Gasteiger partial charge is 0.573 e. The number of rotatable bonds is 4. The van der Waals surface area contributed by atoms with E-state index in [1.807, 2.05) is 6.92 Å². The van der Waals surface area contributed by atoms with Crippen LogP contribution < -0.4 is 10.1 Å². The summed E-state index contributed by atoms with van der Waals surface area (Å²) in [5, 5.41) is 2.66. The Bertz CT molecular complexity index is 642. The summed E-state index contributed by atoms with van der Waals surface area (Å²) in [5.41, 5.74) is 0.459. The number of nitrogens with one attached hydrogen (secondary N) is 1. The molecule has 0 saturated carbocycles. The van der Waals surface area contributed by atoms with Gasteiger partial charge in [0.2, 0.25) is 0 Å². The molecule has 114 valence electrons. The predicted octanol–water partition coefficient (Wildman–Crippen LogP) is 4.15. The molecule has 1 heterocycles. The maximum absolute atomic E-state index is 12.1. The maximum atomic E-state index is 12.1. The average Bonchev–Trinajstić information content (AvgIpc) is 2.75. The van der Waals surface area contributed by atoms with Gasteiger partial charge in [-0.3, -0.25) is 5.32 Å². The molecular formula is C12H11F3N2O3S. The molecule has 5 nitrogen and oxygen atoms in total. The van der Waals surface area contributed by atoms with Crippen molar-refractivity contribution in [1.29, 1.82) is 0 Å². The lowest BCUT2D eigenvalue weighted by atomic mass is 10.3. The number of anilines is 1. The normalized spacial score (nSPS) is 11.4. The van der Waals surface area contributed by atoms with Gasteiger partial charge in [-0.1, -0.05) is 18.3 Å². The van der Waals surface area contributed by atoms with E-state index in [2.05, 4.69) is 15.0 Å². The van der Waals surface area contributed by atoms with Gasteiger partial charge in [0.15, 0.2) is 5.13 Å². The van der Waals surface area contributed by atoms with Crippen molar-refractivity contribution in [3.63, 3.8) is 0 Å². The van der Waals surface area contributed by atoms with Crippen LogP contribution in [0.15, 0.2) is 18.2 Å². The summed E-state index contributed by atoms with van der Waals surface area (Å²) in [6, 6.07) is 3.76. The van der Waals surface area contributed by atoms with Gasteiger partial charge in [-0.15, -0.1) is 13.2 Å². The monoisotopic (exact) mass is 320 g/mol. The van der Waals surface area contributed by atoms with Crippen LogP contribution in [-0.2, 0) is 4.74 Å². The summed E-state index contributed by atoms with van der Waals surface area (Å²) >= 11 is 1.03. The number of benzene rings is 1. The number of amides is 1. The standard InChI is InChI=1S/C12H11F3N2O3S/c1-2-5-19-11(18)17-10-16-8-4-3-7(6-9(8)21-10)20-12(13,14)15/h3-4,6H,2,5H2,1H3,(H,16,17,18). The minimum absolute atomic E-state index is 0.246. The Morgan fingerprint density at radius 2 is 2.19 bits per heavy atom. The minimum Gasteiger partial charge on any atom is -0.449 e. The van der Waals surface area contributed by atoms with Crippen molar-refractivity contribution in [2.45, 2.75) is 19.7 Å². The van der Waals surface area contributed by atoms with Gasteiger partial charge in [-0.25, -0.2) is 9.78 Å². The number of nitrogens with zero attached hydrogens (tertiary/aromatic N) is 1. The third-order valence-corrected chi connectivity index (χ3v) is 3.17. The van der Waals surface area contributed by atoms with E-state index in [9.17, 15) is 18.0 Å². The topological polar surface area (TPSA) is 60.5 Å². The lowest BCUT2D eigenvalue weighted by molar-refractivity contribution is -0.274. The number of alkyl halides is 3. The summed E-state index contributed by atoms with van der Waals surface area (Å²) in [7, 11) is 0. The van der Waals surface area contributed by atoms with Crippen LogP contribution in [0.4, 0.5) is 23.1 Å². The van der Waals surface area contributed by atoms with Crippen LogP contribution in [0.25, 0.3) is 10.2 Å². The SMILES string of the molecule is CCCOC(=O)Nc1nc2ccc(OC(F)(F)F)cc2s1. The van der Waals surface area contributed by atoms with Gasteiger partial charge in [-0.05, 0) is 18.6 Å². The van der Waals surface area contributed by atoms with Crippen molar-refractivity contribution >= 4 is 32.8 Å². The molecule has 1 N–H and O–H groups in total. The van der Waals surface area contributed by atoms with Crippen LogP contribution in [0.3, 0.4) is 0 Å². The molecule has 0 radical (unpaired) electrons. The highest BCUT2D eigenvalue weighted by molar-refractivity contribution is 7.22. The highest BCUT2D eigenvalue weighted by atomic mass is 32.1. The van der Waals surface area contributed by atoms with Crippen LogP contribution >= 0.6 is 11.3 Å². The van der Waals surface area contributed by atoms with Crippen molar-refractivity contribution in [2.24, 2.45) is 0 Å². The highest BCUT2D eigenvalue weighted by Crippen LogP contribution is 2.31. The molecule has 0 aliphatic carbocycles. The molecule has 0 fully saturated rings. The first-order chi connectivity index (χ1) is 9.87. The highest BCUT2D eigenvalue weighted by Gasteiger charge is 2.31. The number of ether oxygens (including phenoxy) is 2. The number of hydrogen-bond acceptors (Lipinski definition) is 5. The fourth-order valence-electron chi connectivity index (χ4n) is 1.47. The smallest absolute Gasteiger partial charge is 0.449 e. The van der Waals surface area contributed by atoms with E-state index >= 15 is 0 Å². The number of carbonyl (C=O) groups is 1. The summed E-state index contributed by atoms with van der Waals surface area (Å²) in [6.07, 6.45) is -4.71. The van der Waals surface area contributed by atoms with Gasteiger partial charge in [0.25, 0.3) is 0 Å². The van der Waals surface area contributed by atoms with Crippen LogP contribution in [0.5, 0.6) is 5.75 Å². The quantitative estimate of drug-likeness (QED) is 0.919. The number of hydrogen-bond donors (Lipinski definition) is 1. The second kappa shape index (κ2) is 6.17. The first kappa shape index (κ1) is 15.4. The predicted molar refractivity (Wildman–Crippen MR) is 71.6 cm³/mol. The van der Waals surface area contributed by atoms with Crippen molar-refractivity contribution in [2.75, 3.05) is 11.9 Å². The first-order valence-corrected chi connectivity index (χ1v) is 6.79. The third kappa shape index (κ3) is 4.48. The van der Waals surface area contributed by atoms with E-state index in [4.69, 9.17) is 4.74 Å². The molecule has 1 amide bonds. The van der Waals surface area contributed by atoms with Gasteiger partial charge in [0.05, 0.1) is 16.8 Å².